The Labute approximate surface area is 74.9 Å². The summed E-state index contributed by atoms with van der Waals surface area (Å²) >= 11 is 1.09. The predicted octanol–water partition coefficient (Wildman–Crippen LogP) is 1.19. The van der Waals surface area contributed by atoms with E-state index in [1.54, 1.807) is 12.1 Å². The number of hydrogen-bond donors (Lipinski definition) is 1. The SMILES string of the molecule is C=C=Cc1ccc(S(N)(=O)=O)s1. The molecule has 0 aliphatic heterocycles. The standard InChI is InChI=1S/C7H7NO2S2/c1-2-3-6-4-5-7(11-6)12(8,9)10/h3-5H,1H2,(H2,8,9,10). The highest BCUT2D eigenvalue weighted by Gasteiger charge is 2.09. The normalized spacial score (nSPS) is 10.8. The van der Waals surface area contributed by atoms with Crippen LogP contribution >= 0.6 is 11.3 Å². The van der Waals surface area contributed by atoms with Gasteiger partial charge in [-0.3, -0.25) is 0 Å². The van der Waals surface area contributed by atoms with Crippen LogP contribution in [0.1, 0.15) is 4.88 Å². The molecular formula is C7H7NO2S2. The monoisotopic (exact) mass is 201 g/mol. The zero-order valence-electron chi connectivity index (χ0n) is 6.15. The van der Waals surface area contributed by atoms with Crippen LogP contribution in [0.25, 0.3) is 6.08 Å². The van der Waals surface area contributed by atoms with E-state index in [1.807, 2.05) is 0 Å². The van der Waals surface area contributed by atoms with Crippen LogP contribution in [0.15, 0.2) is 28.7 Å². The van der Waals surface area contributed by atoms with Crippen LogP contribution in [-0.2, 0) is 10.0 Å². The van der Waals surface area contributed by atoms with Gasteiger partial charge >= 0.3 is 0 Å². The Morgan fingerprint density at radius 2 is 2.25 bits per heavy atom. The molecule has 0 fully saturated rings. The van der Waals surface area contributed by atoms with Gasteiger partial charge in [-0.05, 0) is 18.2 Å². The third kappa shape index (κ3) is 2.06. The lowest BCUT2D eigenvalue weighted by molar-refractivity contribution is 0.600. The summed E-state index contributed by atoms with van der Waals surface area (Å²) in [6, 6.07) is 3.12. The molecule has 1 rings (SSSR count). The first kappa shape index (κ1) is 9.22. The Kier molecular flexibility index (Phi) is 2.49. The third-order valence-electron chi connectivity index (χ3n) is 1.13. The van der Waals surface area contributed by atoms with Crippen molar-refractivity contribution in [3.05, 3.63) is 29.3 Å². The van der Waals surface area contributed by atoms with Gasteiger partial charge in [0.05, 0.1) is 0 Å². The van der Waals surface area contributed by atoms with E-state index >= 15 is 0 Å². The molecule has 0 unspecified atom stereocenters. The fraction of sp³-hybridized carbons (Fsp3) is 0. The fourth-order valence-corrected chi connectivity index (χ4v) is 2.32. The highest BCUT2D eigenvalue weighted by atomic mass is 32.2. The zero-order chi connectivity index (χ0) is 9.19. The molecule has 0 aliphatic carbocycles. The van der Waals surface area contributed by atoms with E-state index in [1.165, 1.54) is 6.07 Å². The fourth-order valence-electron chi connectivity index (χ4n) is 0.665. The molecule has 0 saturated heterocycles. The number of thiophene rings is 1. The van der Waals surface area contributed by atoms with Crippen LogP contribution in [0, 0.1) is 0 Å². The summed E-state index contributed by atoms with van der Waals surface area (Å²) in [5, 5.41) is 4.90. The molecule has 0 spiro atoms. The van der Waals surface area contributed by atoms with Crippen LogP contribution in [-0.4, -0.2) is 8.42 Å². The molecule has 1 aromatic heterocycles. The van der Waals surface area contributed by atoms with E-state index in [4.69, 9.17) is 5.14 Å². The van der Waals surface area contributed by atoms with Gasteiger partial charge in [-0.15, -0.1) is 17.1 Å². The Morgan fingerprint density at radius 1 is 1.58 bits per heavy atom. The molecule has 0 aliphatic rings. The van der Waals surface area contributed by atoms with Crippen molar-refractivity contribution in [2.75, 3.05) is 0 Å². The van der Waals surface area contributed by atoms with Gasteiger partial charge in [0.1, 0.15) is 4.21 Å². The number of sulfonamides is 1. The molecule has 2 N–H and O–H groups in total. The Bertz CT molecular complexity index is 424. The summed E-state index contributed by atoms with van der Waals surface area (Å²) in [7, 11) is -3.55. The smallest absolute Gasteiger partial charge is 0.224 e. The van der Waals surface area contributed by atoms with E-state index < -0.39 is 10.0 Å². The summed E-state index contributed by atoms with van der Waals surface area (Å²) in [4.78, 5) is 0.772. The maximum atomic E-state index is 10.8. The number of nitrogens with two attached hydrogens (primary N) is 1. The van der Waals surface area contributed by atoms with Crippen LogP contribution in [0.4, 0.5) is 0 Å². The van der Waals surface area contributed by atoms with Gasteiger partial charge < -0.3 is 0 Å². The summed E-state index contributed by atoms with van der Waals surface area (Å²) in [6.45, 7) is 3.37. The van der Waals surface area contributed by atoms with Gasteiger partial charge in [0.2, 0.25) is 10.0 Å². The minimum atomic E-state index is -3.55. The van der Waals surface area contributed by atoms with E-state index in [-0.39, 0.29) is 4.21 Å². The van der Waals surface area contributed by atoms with Gasteiger partial charge in [0.25, 0.3) is 0 Å². The molecule has 5 heteroatoms. The highest BCUT2D eigenvalue weighted by molar-refractivity contribution is 7.91. The van der Waals surface area contributed by atoms with E-state index in [0.29, 0.717) is 0 Å². The minimum absolute atomic E-state index is 0.156. The molecule has 0 amide bonds. The zero-order valence-corrected chi connectivity index (χ0v) is 7.78. The van der Waals surface area contributed by atoms with Crippen molar-refractivity contribution in [2.45, 2.75) is 4.21 Å². The first-order valence-electron chi connectivity index (χ1n) is 3.02. The maximum Gasteiger partial charge on any atom is 0.247 e. The summed E-state index contributed by atoms with van der Waals surface area (Å²) < 4.78 is 21.7. The van der Waals surface area contributed by atoms with Crippen LogP contribution in [0.3, 0.4) is 0 Å². The van der Waals surface area contributed by atoms with Crippen molar-refractivity contribution in [3.8, 4) is 0 Å². The second kappa shape index (κ2) is 3.25. The quantitative estimate of drug-likeness (QED) is 0.731. The van der Waals surface area contributed by atoms with E-state index in [9.17, 15) is 8.42 Å². The Balaban J connectivity index is 3.16. The molecule has 64 valence electrons. The molecule has 3 nitrogen and oxygen atoms in total. The lowest BCUT2D eigenvalue weighted by atomic mass is 10.4. The predicted molar refractivity (Wildman–Crippen MR) is 49.3 cm³/mol. The van der Waals surface area contributed by atoms with Gasteiger partial charge in [-0.25, -0.2) is 13.6 Å². The molecule has 0 bridgehead atoms. The van der Waals surface area contributed by atoms with Crippen molar-refractivity contribution in [2.24, 2.45) is 5.14 Å². The molecule has 12 heavy (non-hydrogen) atoms. The largest absolute Gasteiger partial charge is 0.247 e. The van der Waals surface area contributed by atoms with Crippen LogP contribution in [0.5, 0.6) is 0 Å². The average Bonchev–Trinajstić information content (AvgIpc) is 2.35. The van der Waals surface area contributed by atoms with Crippen molar-refractivity contribution < 1.29 is 8.42 Å². The highest BCUT2D eigenvalue weighted by Crippen LogP contribution is 2.20. The molecule has 0 atom stereocenters. The number of primary sulfonamides is 1. The lowest BCUT2D eigenvalue weighted by Gasteiger charge is -1.87. The van der Waals surface area contributed by atoms with E-state index in [0.717, 1.165) is 16.2 Å². The molecule has 0 radical (unpaired) electrons. The second-order valence-corrected chi connectivity index (χ2v) is 4.95. The lowest BCUT2D eigenvalue weighted by Crippen LogP contribution is -2.09. The van der Waals surface area contributed by atoms with Crippen molar-refractivity contribution in [1.29, 1.82) is 0 Å². The summed E-state index contributed by atoms with van der Waals surface area (Å²) in [5.41, 5.74) is 2.55. The van der Waals surface area contributed by atoms with E-state index in [2.05, 4.69) is 12.3 Å². The minimum Gasteiger partial charge on any atom is -0.224 e. The molecular weight excluding hydrogens is 194 g/mol. The van der Waals surface area contributed by atoms with Gasteiger partial charge in [0, 0.05) is 4.88 Å². The third-order valence-corrected chi connectivity index (χ3v) is 3.60. The Hall–Kier alpha value is -0.870. The van der Waals surface area contributed by atoms with Gasteiger partial charge in [-0.1, -0.05) is 6.58 Å². The van der Waals surface area contributed by atoms with Gasteiger partial charge in [-0.2, -0.15) is 0 Å². The topological polar surface area (TPSA) is 60.2 Å². The van der Waals surface area contributed by atoms with Crippen molar-refractivity contribution >= 4 is 27.4 Å². The number of rotatable bonds is 2. The summed E-state index contributed by atoms with van der Waals surface area (Å²) in [6.07, 6.45) is 1.60. The Morgan fingerprint density at radius 3 is 2.67 bits per heavy atom. The molecule has 0 saturated carbocycles. The van der Waals surface area contributed by atoms with Gasteiger partial charge in [0.15, 0.2) is 0 Å². The second-order valence-electron chi connectivity index (χ2n) is 2.05. The average molecular weight is 201 g/mol. The summed E-state index contributed by atoms with van der Waals surface area (Å²) in [5.74, 6) is 0. The van der Waals surface area contributed by atoms with Crippen molar-refractivity contribution in [3.63, 3.8) is 0 Å². The molecule has 1 aromatic rings. The van der Waals surface area contributed by atoms with Crippen molar-refractivity contribution in [1.82, 2.24) is 0 Å². The van der Waals surface area contributed by atoms with Crippen LogP contribution < -0.4 is 5.14 Å². The number of hydrogen-bond acceptors (Lipinski definition) is 3. The molecule has 0 aromatic carbocycles. The first-order valence-corrected chi connectivity index (χ1v) is 5.39. The van der Waals surface area contributed by atoms with Crippen LogP contribution in [0.2, 0.25) is 0 Å². The molecule has 1 heterocycles. The first-order chi connectivity index (χ1) is 5.54. The maximum absolute atomic E-state index is 10.8.